The first-order valence-corrected chi connectivity index (χ1v) is 6.69. The molecular formula is C14H18N4O2. The number of hydrogen-bond acceptors (Lipinski definition) is 4. The monoisotopic (exact) mass is 274 g/mol. The predicted molar refractivity (Wildman–Crippen MR) is 73.5 cm³/mol. The summed E-state index contributed by atoms with van der Waals surface area (Å²) in [6, 6.07) is 9.84. The second-order valence-corrected chi connectivity index (χ2v) is 4.59. The van der Waals surface area contributed by atoms with Gasteiger partial charge in [0.05, 0.1) is 17.6 Å². The summed E-state index contributed by atoms with van der Waals surface area (Å²) < 4.78 is 1.76. The normalized spacial score (nSPS) is 10.4. The highest BCUT2D eigenvalue weighted by Gasteiger charge is 2.03. The molecule has 6 nitrogen and oxygen atoms in total. The van der Waals surface area contributed by atoms with E-state index in [1.165, 1.54) is 0 Å². The highest BCUT2D eigenvalue weighted by molar-refractivity contribution is 5.74. The number of rotatable bonds is 7. The van der Waals surface area contributed by atoms with Crippen molar-refractivity contribution in [2.24, 2.45) is 0 Å². The number of hydrogen-bond donors (Lipinski definition) is 2. The standard InChI is InChI=1S/C14H18N4O2/c19-14(16-20)10-6-1-3-7-12-11-18(17-15-12)13-8-4-2-5-9-13/h2,4-5,8-9,11,20H,1,3,6-7,10H2,(H,16,19). The minimum atomic E-state index is -0.333. The fraction of sp³-hybridized carbons (Fsp3) is 0.357. The molecule has 0 bridgehead atoms. The Bertz CT molecular complexity index is 539. The third-order valence-electron chi connectivity index (χ3n) is 3.02. The largest absolute Gasteiger partial charge is 0.289 e. The summed E-state index contributed by atoms with van der Waals surface area (Å²) in [5.41, 5.74) is 3.57. The molecular weight excluding hydrogens is 256 g/mol. The van der Waals surface area contributed by atoms with Crippen LogP contribution >= 0.6 is 0 Å². The Morgan fingerprint density at radius 1 is 1.20 bits per heavy atom. The lowest BCUT2D eigenvalue weighted by molar-refractivity contribution is -0.129. The van der Waals surface area contributed by atoms with Crippen LogP contribution < -0.4 is 5.48 Å². The molecule has 20 heavy (non-hydrogen) atoms. The Morgan fingerprint density at radius 2 is 2.00 bits per heavy atom. The van der Waals surface area contributed by atoms with Gasteiger partial charge < -0.3 is 0 Å². The van der Waals surface area contributed by atoms with Gasteiger partial charge in [0.25, 0.3) is 0 Å². The second-order valence-electron chi connectivity index (χ2n) is 4.59. The van der Waals surface area contributed by atoms with Gasteiger partial charge in [-0.05, 0) is 31.4 Å². The number of aryl methyl sites for hydroxylation is 1. The molecule has 106 valence electrons. The lowest BCUT2D eigenvalue weighted by Gasteiger charge is -1.99. The number of aromatic nitrogens is 3. The van der Waals surface area contributed by atoms with Gasteiger partial charge >= 0.3 is 0 Å². The van der Waals surface area contributed by atoms with E-state index < -0.39 is 0 Å². The lowest BCUT2D eigenvalue weighted by atomic mass is 10.1. The highest BCUT2D eigenvalue weighted by Crippen LogP contribution is 2.09. The van der Waals surface area contributed by atoms with Crippen LogP contribution in [0.4, 0.5) is 0 Å². The molecule has 1 heterocycles. The van der Waals surface area contributed by atoms with Crippen molar-refractivity contribution in [2.45, 2.75) is 32.1 Å². The summed E-state index contributed by atoms with van der Waals surface area (Å²) in [6.45, 7) is 0. The summed E-state index contributed by atoms with van der Waals surface area (Å²) in [5, 5.41) is 16.6. The molecule has 0 atom stereocenters. The zero-order chi connectivity index (χ0) is 14.2. The van der Waals surface area contributed by atoms with E-state index in [0.29, 0.717) is 6.42 Å². The van der Waals surface area contributed by atoms with Crippen LogP contribution in [0.3, 0.4) is 0 Å². The first-order valence-electron chi connectivity index (χ1n) is 6.69. The number of nitrogens with zero attached hydrogens (tertiary/aromatic N) is 3. The van der Waals surface area contributed by atoms with Gasteiger partial charge in [-0.1, -0.05) is 29.8 Å². The van der Waals surface area contributed by atoms with Crippen LogP contribution in [-0.4, -0.2) is 26.1 Å². The molecule has 1 aromatic heterocycles. The molecule has 0 aliphatic heterocycles. The number of carbonyl (C=O) groups excluding carboxylic acids is 1. The summed E-state index contributed by atoms with van der Waals surface area (Å²) in [5.74, 6) is -0.333. The maximum absolute atomic E-state index is 10.8. The number of nitrogens with one attached hydrogen (secondary N) is 1. The van der Waals surface area contributed by atoms with E-state index in [0.717, 1.165) is 37.1 Å². The van der Waals surface area contributed by atoms with Crippen LogP contribution in [0.2, 0.25) is 0 Å². The highest BCUT2D eigenvalue weighted by atomic mass is 16.5. The first kappa shape index (κ1) is 14.2. The lowest BCUT2D eigenvalue weighted by Crippen LogP contribution is -2.17. The minimum absolute atomic E-state index is 0.333. The maximum atomic E-state index is 10.8. The molecule has 0 aliphatic rings. The van der Waals surface area contributed by atoms with E-state index in [-0.39, 0.29) is 5.91 Å². The van der Waals surface area contributed by atoms with E-state index in [1.54, 1.807) is 10.2 Å². The fourth-order valence-corrected chi connectivity index (χ4v) is 1.94. The Balaban J connectivity index is 1.75. The van der Waals surface area contributed by atoms with Crippen molar-refractivity contribution in [1.82, 2.24) is 20.5 Å². The van der Waals surface area contributed by atoms with E-state index in [9.17, 15) is 4.79 Å². The van der Waals surface area contributed by atoms with Crippen molar-refractivity contribution in [1.29, 1.82) is 0 Å². The average Bonchev–Trinajstić information content (AvgIpc) is 2.96. The fourth-order valence-electron chi connectivity index (χ4n) is 1.94. The third-order valence-corrected chi connectivity index (χ3v) is 3.02. The van der Waals surface area contributed by atoms with Crippen molar-refractivity contribution in [3.63, 3.8) is 0 Å². The van der Waals surface area contributed by atoms with Gasteiger partial charge in [0.1, 0.15) is 0 Å². The Hall–Kier alpha value is -2.21. The molecule has 0 radical (unpaired) electrons. The van der Waals surface area contributed by atoms with Crippen LogP contribution in [-0.2, 0) is 11.2 Å². The van der Waals surface area contributed by atoms with Crippen molar-refractivity contribution < 1.29 is 10.0 Å². The number of para-hydroxylation sites is 1. The molecule has 0 aliphatic carbocycles. The molecule has 2 aromatic rings. The molecule has 0 fully saturated rings. The first-order chi connectivity index (χ1) is 9.79. The maximum Gasteiger partial charge on any atom is 0.243 e. The predicted octanol–water partition coefficient (Wildman–Crippen LogP) is 1.88. The molecule has 0 saturated heterocycles. The van der Waals surface area contributed by atoms with E-state index >= 15 is 0 Å². The van der Waals surface area contributed by atoms with E-state index in [1.807, 2.05) is 36.5 Å². The van der Waals surface area contributed by atoms with Crippen LogP contribution in [0.15, 0.2) is 36.5 Å². The molecule has 2 N–H and O–H groups in total. The zero-order valence-corrected chi connectivity index (χ0v) is 11.2. The van der Waals surface area contributed by atoms with Gasteiger partial charge in [-0.15, -0.1) is 5.10 Å². The molecule has 0 spiro atoms. The third kappa shape index (κ3) is 4.17. The van der Waals surface area contributed by atoms with Crippen molar-refractivity contribution in [2.75, 3.05) is 0 Å². The van der Waals surface area contributed by atoms with E-state index in [2.05, 4.69) is 10.3 Å². The van der Waals surface area contributed by atoms with Gasteiger partial charge in [0.2, 0.25) is 5.91 Å². The molecule has 0 saturated carbocycles. The summed E-state index contributed by atoms with van der Waals surface area (Å²) in [6.07, 6.45) is 5.76. The number of unbranched alkanes of at least 4 members (excludes halogenated alkanes) is 2. The number of benzene rings is 1. The van der Waals surface area contributed by atoms with Gasteiger partial charge in [-0.3, -0.25) is 10.0 Å². The SMILES string of the molecule is O=C(CCCCCc1cn(-c2ccccc2)nn1)NO. The quantitative estimate of drug-likeness (QED) is 0.459. The van der Waals surface area contributed by atoms with Crippen molar-refractivity contribution in [3.05, 3.63) is 42.2 Å². The zero-order valence-electron chi connectivity index (χ0n) is 11.2. The van der Waals surface area contributed by atoms with Gasteiger partial charge in [0.15, 0.2) is 0 Å². The smallest absolute Gasteiger partial charge is 0.243 e. The Labute approximate surface area is 117 Å². The van der Waals surface area contributed by atoms with Crippen molar-refractivity contribution >= 4 is 5.91 Å². The van der Waals surface area contributed by atoms with Crippen LogP contribution in [0.25, 0.3) is 5.69 Å². The molecule has 1 aromatic carbocycles. The van der Waals surface area contributed by atoms with Gasteiger partial charge in [0, 0.05) is 6.42 Å². The molecule has 0 unspecified atom stereocenters. The summed E-state index contributed by atoms with van der Waals surface area (Å²) in [4.78, 5) is 10.8. The van der Waals surface area contributed by atoms with Gasteiger partial charge in [-0.2, -0.15) is 0 Å². The van der Waals surface area contributed by atoms with Gasteiger partial charge in [-0.25, -0.2) is 10.2 Å². The van der Waals surface area contributed by atoms with Crippen LogP contribution in [0.1, 0.15) is 31.4 Å². The minimum Gasteiger partial charge on any atom is -0.289 e. The number of hydroxylamine groups is 1. The van der Waals surface area contributed by atoms with Crippen LogP contribution in [0.5, 0.6) is 0 Å². The molecule has 2 rings (SSSR count). The summed E-state index contributed by atoms with van der Waals surface area (Å²) >= 11 is 0. The second kappa shape index (κ2) is 7.40. The van der Waals surface area contributed by atoms with E-state index in [4.69, 9.17) is 5.21 Å². The average molecular weight is 274 g/mol. The Kier molecular flexibility index (Phi) is 5.25. The molecule has 1 amide bonds. The van der Waals surface area contributed by atoms with Crippen LogP contribution in [0, 0.1) is 0 Å². The Morgan fingerprint density at radius 3 is 2.75 bits per heavy atom. The summed E-state index contributed by atoms with van der Waals surface area (Å²) in [7, 11) is 0. The van der Waals surface area contributed by atoms with Crippen molar-refractivity contribution in [3.8, 4) is 5.69 Å². The molecule has 6 heteroatoms. The number of amides is 1. The number of carbonyl (C=O) groups is 1. The topological polar surface area (TPSA) is 80.0 Å².